The number of para-hydroxylation sites is 1. The first-order valence-corrected chi connectivity index (χ1v) is 13.5. The van der Waals surface area contributed by atoms with Crippen LogP contribution in [0.2, 0.25) is 0 Å². The fraction of sp³-hybridized carbons (Fsp3) is 0.241. The van der Waals surface area contributed by atoms with Gasteiger partial charge in [-0.25, -0.2) is 14.1 Å². The van der Waals surface area contributed by atoms with Crippen LogP contribution < -0.4 is 19.5 Å². The molecule has 1 amide bonds. The second-order valence-corrected chi connectivity index (χ2v) is 9.95. The number of fused-ring (bicyclic) bond motifs is 1. The quantitative estimate of drug-likeness (QED) is 0.262. The third kappa shape index (κ3) is 5.37. The van der Waals surface area contributed by atoms with Crippen LogP contribution in [-0.2, 0) is 10.5 Å². The number of benzene rings is 3. The van der Waals surface area contributed by atoms with Crippen molar-refractivity contribution >= 4 is 35.0 Å². The number of hydrogen-bond donors (Lipinski definition) is 1. The van der Waals surface area contributed by atoms with E-state index in [1.165, 1.54) is 39.2 Å². The maximum Gasteiger partial charge on any atom is 0.249 e. The molecule has 206 valence electrons. The van der Waals surface area contributed by atoms with Gasteiger partial charge in [0.1, 0.15) is 11.7 Å². The summed E-state index contributed by atoms with van der Waals surface area (Å²) in [6.45, 7) is 1.80. The van der Waals surface area contributed by atoms with E-state index in [-0.39, 0.29) is 11.7 Å². The van der Waals surface area contributed by atoms with Crippen LogP contribution in [0, 0.1) is 11.7 Å². The molecule has 2 heterocycles. The Labute approximate surface area is 235 Å². The summed E-state index contributed by atoms with van der Waals surface area (Å²) in [5.74, 6) is 0.711. The van der Waals surface area contributed by atoms with Crippen LogP contribution in [0.1, 0.15) is 24.1 Å². The van der Waals surface area contributed by atoms with Crippen LogP contribution in [0.25, 0.3) is 0 Å². The number of carbonyl (C=O) groups is 1. The normalized spacial score (nSPS) is 16.1. The SMILES string of the molecule is COc1cc(C2C(C(=O)Nc3ccccc3)C(C)=Nc3nc(SCc4ccccc4F)nn32)cc(OC)c1OC. The van der Waals surface area contributed by atoms with Gasteiger partial charge in [-0.3, -0.25) is 4.79 Å². The van der Waals surface area contributed by atoms with Crippen LogP contribution in [0.15, 0.2) is 76.9 Å². The second-order valence-electron chi connectivity index (χ2n) is 9.01. The van der Waals surface area contributed by atoms with Gasteiger partial charge < -0.3 is 19.5 Å². The molecule has 11 heteroatoms. The average Bonchev–Trinajstić information content (AvgIpc) is 3.37. The molecule has 9 nitrogen and oxygen atoms in total. The van der Waals surface area contributed by atoms with Gasteiger partial charge in [0, 0.05) is 17.2 Å². The zero-order valence-corrected chi connectivity index (χ0v) is 23.2. The monoisotopic (exact) mass is 561 g/mol. The smallest absolute Gasteiger partial charge is 0.249 e. The lowest BCUT2D eigenvalue weighted by molar-refractivity contribution is -0.118. The predicted molar refractivity (Wildman–Crippen MR) is 152 cm³/mol. The maximum atomic E-state index is 14.2. The molecule has 0 saturated heterocycles. The van der Waals surface area contributed by atoms with Gasteiger partial charge in [-0.1, -0.05) is 48.2 Å². The first-order valence-electron chi connectivity index (χ1n) is 12.5. The van der Waals surface area contributed by atoms with Crippen molar-refractivity contribution in [1.82, 2.24) is 14.8 Å². The Bertz CT molecular complexity index is 1530. The van der Waals surface area contributed by atoms with Gasteiger partial charge in [0.15, 0.2) is 11.5 Å². The number of anilines is 1. The zero-order valence-electron chi connectivity index (χ0n) is 22.4. The Balaban J connectivity index is 1.58. The fourth-order valence-electron chi connectivity index (χ4n) is 4.66. The molecule has 1 N–H and O–H groups in total. The summed E-state index contributed by atoms with van der Waals surface area (Å²) in [5.41, 5.74) is 2.46. The average molecular weight is 562 g/mol. The Morgan fingerprint density at radius 1 is 1.00 bits per heavy atom. The van der Waals surface area contributed by atoms with E-state index < -0.39 is 12.0 Å². The molecule has 40 heavy (non-hydrogen) atoms. The molecule has 0 saturated carbocycles. The Morgan fingerprint density at radius 2 is 1.68 bits per heavy atom. The van der Waals surface area contributed by atoms with Gasteiger partial charge in [0.25, 0.3) is 0 Å². The van der Waals surface area contributed by atoms with Crippen molar-refractivity contribution in [3.05, 3.63) is 83.7 Å². The first-order chi connectivity index (χ1) is 19.4. The largest absolute Gasteiger partial charge is 0.493 e. The number of rotatable bonds is 9. The summed E-state index contributed by atoms with van der Waals surface area (Å²) in [5, 5.41) is 8.14. The van der Waals surface area contributed by atoms with Crippen molar-refractivity contribution in [3.8, 4) is 17.2 Å². The van der Waals surface area contributed by atoms with Gasteiger partial charge in [0.2, 0.25) is 22.8 Å². The van der Waals surface area contributed by atoms with Crippen molar-refractivity contribution in [2.45, 2.75) is 23.9 Å². The Hall–Kier alpha value is -4.38. The molecule has 1 aliphatic heterocycles. The molecule has 2 atom stereocenters. The van der Waals surface area contributed by atoms with Crippen molar-refractivity contribution in [2.24, 2.45) is 10.9 Å². The molecule has 0 fully saturated rings. The number of nitrogens with one attached hydrogen (secondary N) is 1. The zero-order chi connectivity index (χ0) is 28.2. The van der Waals surface area contributed by atoms with E-state index in [0.717, 1.165) is 0 Å². The summed E-state index contributed by atoms with van der Waals surface area (Å²) >= 11 is 1.29. The topological polar surface area (TPSA) is 99.9 Å². The summed E-state index contributed by atoms with van der Waals surface area (Å²) in [6.07, 6.45) is 0. The van der Waals surface area contributed by atoms with Crippen molar-refractivity contribution in [2.75, 3.05) is 26.6 Å². The van der Waals surface area contributed by atoms with E-state index in [1.807, 2.05) is 30.3 Å². The van der Waals surface area contributed by atoms with Crippen LogP contribution in [0.3, 0.4) is 0 Å². The van der Waals surface area contributed by atoms with Crippen LogP contribution in [-0.4, -0.2) is 47.7 Å². The summed E-state index contributed by atoms with van der Waals surface area (Å²) in [6, 6.07) is 18.8. The molecule has 4 aromatic rings. The van der Waals surface area contributed by atoms with E-state index in [9.17, 15) is 9.18 Å². The number of amides is 1. The summed E-state index contributed by atoms with van der Waals surface area (Å²) in [7, 11) is 4.60. The standard InChI is InChI=1S/C29H28FN5O4S/c1-17-24(27(36)32-20-11-6-5-7-12-20)25(19-14-22(37-2)26(39-4)23(15-19)38-3)35-28(31-17)33-29(34-35)40-16-18-10-8-9-13-21(18)30/h5-15,24-25H,16H2,1-4H3,(H,32,36). The molecular weight excluding hydrogens is 533 g/mol. The third-order valence-corrected chi connectivity index (χ3v) is 7.45. The molecule has 3 aromatic carbocycles. The van der Waals surface area contributed by atoms with Gasteiger partial charge >= 0.3 is 0 Å². The minimum absolute atomic E-state index is 0.257. The second kappa shape index (κ2) is 11.8. The Kier molecular flexibility index (Phi) is 8.01. The highest BCUT2D eigenvalue weighted by Crippen LogP contribution is 2.44. The fourth-order valence-corrected chi connectivity index (χ4v) is 5.47. The first kappa shape index (κ1) is 27.2. The number of nitrogens with zero attached hydrogens (tertiary/aromatic N) is 4. The van der Waals surface area contributed by atoms with Crippen molar-refractivity contribution < 1.29 is 23.4 Å². The molecule has 0 spiro atoms. The van der Waals surface area contributed by atoms with E-state index in [0.29, 0.717) is 56.6 Å². The van der Waals surface area contributed by atoms with Gasteiger partial charge in [-0.15, -0.1) is 5.10 Å². The number of halogens is 1. The van der Waals surface area contributed by atoms with E-state index in [2.05, 4.69) is 15.3 Å². The lowest BCUT2D eigenvalue weighted by atomic mass is 9.87. The Morgan fingerprint density at radius 3 is 2.33 bits per heavy atom. The molecule has 1 aliphatic rings. The lowest BCUT2D eigenvalue weighted by Gasteiger charge is -2.31. The summed E-state index contributed by atoms with van der Waals surface area (Å²) in [4.78, 5) is 23.0. The minimum Gasteiger partial charge on any atom is -0.493 e. The number of aliphatic imine (C=N–C) groups is 1. The molecule has 0 bridgehead atoms. The van der Waals surface area contributed by atoms with Gasteiger partial charge in [0.05, 0.1) is 27.4 Å². The summed E-state index contributed by atoms with van der Waals surface area (Å²) < 4.78 is 32.6. The van der Waals surface area contributed by atoms with E-state index in [1.54, 1.807) is 41.9 Å². The van der Waals surface area contributed by atoms with E-state index in [4.69, 9.17) is 19.3 Å². The number of thioether (sulfide) groups is 1. The number of aromatic nitrogens is 3. The number of methoxy groups -OCH3 is 3. The maximum absolute atomic E-state index is 14.2. The van der Waals surface area contributed by atoms with E-state index >= 15 is 0 Å². The molecular formula is C29H28FN5O4S. The van der Waals surface area contributed by atoms with Gasteiger partial charge in [-0.05, 0) is 48.4 Å². The molecule has 5 rings (SSSR count). The molecule has 0 radical (unpaired) electrons. The highest BCUT2D eigenvalue weighted by Gasteiger charge is 2.40. The number of carbonyl (C=O) groups excluding carboxylic acids is 1. The highest BCUT2D eigenvalue weighted by atomic mass is 32.2. The van der Waals surface area contributed by atoms with Crippen LogP contribution in [0.5, 0.6) is 17.2 Å². The predicted octanol–water partition coefficient (Wildman–Crippen LogP) is 5.69. The van der Waals surface area contributed by atoms with Crippen molar-refractivity contribution in [3.63, 3.8) is 0 Å². The molecule has 0 aliphatic carbocycles. The minimum atomic E-state index is -0.735. The van der Waals surface area contributed by atoms with Crippen LogP contribution >= 0.6 is 11.8 Å². The number of hydrogen-bond acceptors (Lipinski definition) is 8. The van der Waals surface area contributed by atoms with Gasteiger partial charge in [-0.2, -0.15) is 4.98 Å². The van der Waals surface area contributed by atoms with Crippen LogP contribution in [0.4, 0.5) is 16.0 Å². The molecule has 1 aromatic heterocycles. The molecule has 2 unspecified atom stereocenters. The third-order valence-electron chi connectivity index (χ3n) is 6.57. The highest BCUT2D eigenvalue weighted by molar-refractivity contribution is 7.98. The lowest BCUT2D eigenvalue weighted by Crippen LogP contribution is -2.39. The number of ether oxygens (including phenoxy) is 3. The van der Waals surface area contributed by atoms with Crippen molar-refractivity contribution in [1.29, 1.82) is 0 Å².